The zero-order valence-electron chi connectivity index (χ0n) is 13.2. The molecule has 0 aliphatic rings. The van der Waals surface area contributed by atoms with E-state index in [0.717, 1.165) is 25.1 Å². The molecular weight excluding hydrogens is 238 g/mol. The van der Waals surface area contributed by atoms with Crippen LogP contribution in [0, 0.1) is 0 Å². The van der Waals surface area contributed by atoms with Crippen LogP contribution in [0.2, 0.25) is 0 Å². The summed E-state index contributed by atoms with van der Waals surface area (Å²) >= 11 is 0. The van der Waals surface area contributed by atoms with Gasteiger partial charge in [0.1, 0.15) is 6.10 Å². The van der Waals surface area contributed by atoms with Crippen molar-refractivity contribution in [1.29, 1.82) is 0 Å². The lowest BCUT2D eigenvalue weighted by Crippen LogP contribution is -2.42. The van der Waals surface area contributed by atoms with Crippen molar-refractivity contribution in [2.45, 2.75) is 72.1 Å². The van der Waals surface area contributed by atoms with E-state index in [2.05, 4.69) is 52.0 Å². The van der Waals surface area contributed by atoms with Crippen LogP contribution in [0.1, 0.15) is 60.4 Å². The topological polar surface area (TPSA) is 39.1 Å². The van der Waals surface area contributed by atoms with E-state index >= 15 is 0 Å². The predicted molar refractivity (Wildman–Crippen MR) is 79.7 cm³/mol. The van der Waals surface area contributed by atoms with Crippen molar-refractivity contribution in [3.05, 3.63) is 12.4 Å². The first-order valence-electron chi connectivity index (χ1n) is 7.27. The molecular formula is C15H29N3O. The Kier molecular flexibility index (Phi) is 5.85. The Labute approximate surface area is 117 Å². The number of nitrogens with zero attached hydrogens (tertiary/aromatic N) is 2. The van der Waals surface area contributed by atoms with Gasteiger partial charge in [0, 0.05) is 18.1 Å². The van der Waals surface area contributed by atoms with Crippen LogP contribution in [-0.4, -0.2) is 28.0 Å². The fourth-order valence-electron chi connectivity index (χ4n) is 1.80. The van der Waals surface area contributed by atoms with E-state index in [1.807, 2.05) is 10.9 Å². The van der Waals surface area contributed by atoms with E-state index in [1.54, 1.807) is 6.20 Å². The molecule has 0 saturated heterocycles. The van der Waals surface area contributed by atoms with Crippen molar-refractivity contribution in [3.63, 3.8) is 0 Å². The van der Waals surface area contributed by atoms with Gasteiger partial charge in [-0.1, -0.05) is 13.3 Å². The van der Waals surface area contributed by atoms with Crippen LogP contribution in [0.4, 0.5) is 0 Å². The maximum atomic E-state index is 6.04. The van der Waals surface area contributed by atoms with Gasteiger partial charge >= 0.3 is 0 Å². The van der Waals surface area contributed by atoms with Gasteiger partial charge in [-0.15, -0.1) is 0 Å². The molecule has 0 saturated carbocycles. The van der Waals surface area contributed by atoms with Gasteiger partial charge in [-0.3, -0.25) is 4.68 Å². The third-order valence-corrected chi connectivity index (χ3v) is 2.88. The van der Waals surface area contributed by atoms with Crippen molar-refractivity contribution in [1.82, 2.24) is 15.1 Å². The average Bonchev–Trinajstić information content (AvgIpc) is 2.74. The fraction of sp³-hybridized carbons (Fsp3) is 0.800. The molecule has 1 atom stereocenters. The van der Waals surface area contributed by atoms with Crippen LogP contribution in [-0.2, 0) is 0 Å². The zero-order chi connectivity index (χ0) is 14.5. The van der Waals surface area contributed by atoms with E-state index in [-0.39, 0.29) is 11.6 Å². The van der Waals surface area contributed by atoms with Gasteiger partial charge in [-0.05, 0) is 41.0 Å². The summed E-state index contributed by atoms with van der Waals surface area (Å²) in [4.78, 5) is 0. The lowest BCUT2D eigenvalue weighted by atomic mass is 10.1. The smallest absolute Gasteiger partial charge is 0.157 e. The standard InChI is InChI=1S/C15H29N3O/c1-7-8-13(9-16-15(4,5)6)19-14-10-17-18(11-14)12(2)3/h10-13,16H,7-9H2,1-6H3. The lowest BCUT2D eigenvalue weighted by Gasteiger charge is -2.25. The summed E-state index contributed by atoms with van der Waals surface area (Å²) in [6, 6.07) is 0.370. The molecule has 0 fully saturated rings. The summed E-state index contributed by atoms with van der Waals surface area (Å²) in [6.07, 6.45) is 6.16. The molecule has 0 radical (unpaired) electrons. The molecule has 4 nitrogen and oxygen atoms in total. The van der Waals surface area contributed by atoms with Gasteiger partial charge in [0.15, 0.2) is 5.75 Å². The second-order valence-electron chi connectivity index (χ2n) is 6.41. The molecule has 1 heterocycles. The fourth-order valence-corrected chi connectivity index (χ4v) is 1.80. The molecule has 110 valence electrons. The first-order chi connectivity index (χ1) is 8.81. The second-order valence-corrected chi connectivity index (χ2v) is 6.41. The molecule has 0 aliphatic heterocycles. The summed E-state index contributed by atoms with van der Waals surface area (Å²) in [5.41, 5.74) is 0.122. The quantitative estimate of drug-likeness (QED) is 0.823. The summed E-state index contributed by atoms with van der Waals surface area (Å²) in [5, 5.41) is 7.81. The van der Waals surface area contributed by atoms with Gasteiger partial charge in [-0.2, -0.15) is 5.10 Å². The molecule has 0 amide bonds. The number of nitrogens with one attached hydrogen (secondary N) is 1. The van der Waals surface area contributed by atoms with Crippen molar-refractivity contribution < 1.29 is 4.74 Å². The van der Waals surface area contributed by atoms with Gasteiger partial charge in [-0.25, -0.2) is 0 Å². The molecule has 1 unspecified atom stereocenters. The normalized spacial score (nSPS) is 13.8. The van der Waals surface area contributed by atoms with Gasteiger partial charge < -0.3 is 10.1 Å². The SMILES string of the molecule is CCCC(CNC(C)(C)C)Oc1cnn(C(C)C)c1. The Morgan fingerprint density at radius 1 is 1.37 bits per heavy atom. The molecule has 1 aromatic rings. The molecule has 4 heteroatoms. The van der Waals surface area contributed by atoms with Crippen LogP contribution in [0.5, 0.6) is 5.75 Å². The van der Waals surface area contributed by atoms with Crippen molar-refractivity contribution in [2.75, 3.05) is 6.54 Å². The van der Waals surface area contributed by atoms with Crippen LogP contribution in [0.15, 0.2) is 12.4 Å². The Balaban J connectivity index is 2.56. The highest BCUT2D eigenvalue weighted by Gasteiger charge is 2.15. The van der Waals surface area contributed by atoms with Crippen molar-refractivity contribution in [2.24, 2.45) is 0 Å². The van der Waals surface area contributed by atoms with Crippen LogP contribution in [0.25, 0.3) is 0 Å². The molecule has 1 N–H and O–H groups in total. The molecule has 1 rings (SSSR count). The van der Waals surface area contributed by atoms with Gasteiger partial charge in [0.05, 0.1) is 12.4 Å². The van der Waals surface area contributed by atoms with E-state index in [9.17, 15) is 0 Å². The number of ether oxygens (including phenoxy) is 1. The maximum absolute atomic E-state index is 6.04. The number of hydrogen-bond donors (Lipinski definition) is 1. The Hall–Kier alpha value is -1.03. The van der Waals surface area contributed by atoms with E-state index in [0.29, 0.717) is 6.04 Å². The molecule has 0 aromatic carbocycles. The zero-order valence-corrected chi connectivity index (χ0v) is 13.2. The van der Waals surface area contributed by atoms with Crippen LogP contribution >= 0.6 is 0 Å². The highest BCUT2D eigenvalue weighted by molar-refractivity contribution is 5.12. The molecule has 0 spiro atoms. The van der Waals surface area contributed by atoms with Crippen LogP contribution < -0.4 is 10.1 Å². The number of rotatable bonds is 7. The summed E-state index contributed by atoms with van der Waals surface area (Å²) in [7, 11) is 0. The third-order valence-electron chi connectivity index (χ3n) is 2.88. The molecule has 19 heavy (non-hydrogen) atoms. The van der Waals surface area contributed by atoms with Gasteiger partial charge in [0.25, 0.3) is 0 Å². The van der Waals surface area contributed by atoms with Crippen molar-refractivity contribution >= 4 is 0 Å². The molecule has 1 aromatic heterocycles. The minimum atomic E-state index is 0.122. The highest BCUT2D eigenvalue weighted by atomic mass is 16.5. The molecule has 0 aliphatic carbocycles. The summed E-state index contributed by atoms with van der Waals surface area (Å²) in [6.45, 7) is 13.8. The minimum absolute atomic E-state index is 0.122. The average molecular weight is 267 g/mol. The van der Waals surface area contributed by atoms with E-state index in [1.165, 1.54) is 0 Å². The monoisotopic (exact) mass is 267 g/mol. The number of aromatic nitrogens is 2. The first kappa shape index (κ1) is 16.0. The second kappa shape index (κ2) is 6.94. The van der Waals surface area contributed by atoms with E-state index in [4.69, 9.17) is 4.74 Å². The van der Waals surface area contributed by atoms with Crippen molar-refractivity contribution in [3.8, 4) is 5.75 Å². The summed E-state index contributed by atoms with van der Waals surface area (Å²) in [5.74, 6) is 0.864. The Bertz CT molecular complexity index is 366. The van der Waals surface area contributed by atoms with Crippen LogP contribution in [0.3, 0.4) is 0 Å². The third kappa shape index (κ3) is 6.10. The Morgan fingerprint density at radius 2 is 2.05 bits per heavy atom. The largest absolute Gasteiger partial charge is 0.486 e. The predicted octanol–water partition coefficient (Wildman–Crippen LogP) is 3.40. The Morgan fingerprint density at radius 3 is 2.53 bits per heavy atom. The first-order valence-corrected chi connectivity index (χ1v) is 7.27. The highest BCUT2D eigenvalue weighted by Crippen LogP contribution is 2.16. The summed E-state index contributed by atoms with van der Waals surface area (Å²) < 4.78 is 7.96. The molecule has 0 bridgehead atoms. The van der Waals surface area contributed by atoms with Gasteiger partial charge in [0.2, 0.25) is 0 Å². The lowest BCUT2D eigenvalue weighted by molar-refractivity contribution is 0.174. The number of hydrogen-bond acceptors (Lipinski definition) is 3. The maximum Gasteiger partial charge on any atom is 0.157 e. The minimum Gasteiger partial charge on any atom is -0.486 e. The van der Waals surface area contributed by atoms with E-state index < -0.39 is 0 Å².